The first kappa shape index (κ1) is 21.5. The molecule has 1 unspecified atom stereocenters. The van der Waals surface area contributed by atoms with Crippen molar-refractivity contribution in [1.82, 2.24) is 9.21 Å². The number of rotatable bonds is 5. The van der Waals surface area contributed by atoms with Crippen molar-refractivity contribution in [3.8, 4) is 0 Å². The molecule has 0 spiro atoms. The van der Waals surface area contributed by atoms with Crippen molar-refractivity contribution < 1.29 is 13.2 Å². The van der Waals surface area contributed by atoms with Crippen molar-refractivity contribution in [1.29, 1.82) is 0 Å². The lowest BCUT2D eigenvalue weighted by Crippen LogP contribution is -2.53. The Morgan fingerprint density at radius 2 is 1.61 bits per heavy atom. The van der Waals surface area contributed by atoms with Crippen molar-refractivity contribution in [2.75, 3.05) is 31.5 Å². The van der Waals surface area contributed by atoms with Crippen LogP contribution in [0.5, 0.6) is 0 Å². The number of sulfonamides is 1. The number of benzene rings is 3. The third kappa shape index (κ3) is 4.63. The molecule has 1 heterocycles. The van der Waals surface area contributed by atoms with Gasteiger partial charge in [0.15, 0.2) is 0 Å². The smallest absolute Gasteiger partial charge is 0.243 e. The van der Waals surface area contributed by atoms with Gasteiger partial charge in [-0.2, -0.15) is 4.31 Å². The third-order valence-corrected chi connectivity index (χ3v) is 7.74. The van der Waals surface area contributed by atoms with Crippen molar-refractivity contribution in [3.63, 3.8) is 0 Å². The van der Waals surface area contributed by atoms with Crippen molar-refractivity contribution >= 4 is 32.4 Å². The summed E-state index contributed by atoms with van der Waals surface area (Å²) in [4.78, 5) is 15.0. The van der Waals surface area contributed by atoms with E-state index in [0.717, 1.165) is 22.0 Å². The molecular formula is C24H27N3O3S. The van der Waals surface area contributed by atoms with Crippen LogP contribution < -0.4 is 5.32 Å². The van der Waals surface area contributed by atoms with Crippen LogP contribution in [-0.4, -0.2) is 55.8 Å². The van der Waals surface area contributed by atoms with Gasteiger partial charge in [0.2, 0.25) is 15.9 Å². The number of nitrogens with zero attached hydrogens (tertiary/aromatic N) is 2. The minimum Gasteiger partial charge on any atom is -0.325 e. The van der Waals surface area contributed by atoms with Crippen LogP contribution in [0.2, 0.25) is 0 Å². The van der Waals surface area contributed by atoms with Gasteiger partial charge in [0.05, 0.1) is 10.9 Å². The molecule has 1 N–H and O–H groups in total. The molecule has 4 rings (SSSR count). The average molecular weight is 438 g/mol. The lowest BCUT2D eigenvalue weighted by Gasteiger charge is -2.36. The van der Waals surface area contributed by atoms with Gasteiger partial charge < -0.3 is 5.32 Å². The number of piperazine rings is 1. The third-order valence-electron chi connectivity index (χ3n) is 5.84. The fourth-order valence-electron chi connectivity index (χ4n) is 3.94. The molecule has 3 aromatic rings. The van der Waals surface area contributed by atoms with Gasteiger partial charge in [0.1, 0.15) is 0 Å². The summed E-state index contributed by atoms with van der Waals surface area (Å²) >= 11 is 0. The molecule has 6 nitrogen and oxygen atoms in total. The fourth-order valence-corrected chi connectivity index (χ4v) is 5.40. The van der Waals surface area contributed by atoms with E-state index in [-0.39, 0.29) is 11.9 Å². The summed E-state index contributed by atoms with van der Waals surface area (Å²) in [6, 6.07) is 20.3. The van der Waals surface area contributed by atoms with Crippen molar-refractivity contribution in [2.24, 2.45) is 0 Å². The van der Waals surface area contributed by atoms with Crippen LogP contribution in [0, 0.1) is 6.92 Å². The highest BCUT2D eigenvalue weighted by molar-refractivity contribution is 7.89. The number of amides is 1. The summed E-state index contributed by atoms with van der Waals surface area (Å²) in [6.45, 7) is 5.58. The Hall–Kier alpha value is -2.74. The van der Waals surface area contributed by atoms with E-state index in [0.29, 0.717) is 31.1 Å². The number of hydrogen-bond acceptors (Lipinski definition) is 4. The van der Waals surface area contributed by atoms with E-state index in [4.69, 9.17) is 0 Å². The Kier molecular flexibility index (Phi) is 6.09. The minimum atomic E-state index is -3.57. The summed E-state index contributed by atoms with van der Waals surface area (Å²) in [5.74, 6) is -0.0866. The van der Waals surface area contributed by atoms with Gasteiger partial charge in [-0.3, -0.25) is 9.69 Å². The van der Waals surface area contributed by atoms with Crippen LogP contribution in [0.3, 0.4) is 0 Å². The van der Waals surface area contributed by atoms with Gasteiger partial charge in [-0.25, -0.2) is 8.42 Å². The number of carbonyl (C=O) groups excluding carboxylic acids is 1. The zero-order valence-electron chi connectivity index (χ0n) is 17.8. The second-order valence-electron chi connectivity index (χ2n) is 7.98. The predicted molar refractivity (Wildman–Crippen MR) is 124 cm³/mol. The maximum Gasteiger partial charge on any atom is 0.243 e. The first-order chi connectivity index (χ1) is 14.8. The van der Waals surface area contributed by atoms with E-state index in [1.165, 1.54) is 4.31 Å². The van der Waals surface area contributed by atoms with Crippen LogP contribution in [-0.2, 0) is 14.8 Å². The molecule has 1 fully saturated rings. The molecule has 3 aromatic carbocycles. The second-order valence-corrected chi connectivity index (χ2v) is 9.92. The first-order valence-electron chi connectivity index (χ1n) is 10.5. The Balaban J connectivity index is 1.40. The van der Waals surface area contributed by atoms with Gasteiger partial charge in [-0.05, 0) is 54.4 Å². The highest BCUT2D eigenvalue weighted by atomic mass is 32.2. The quantitative estimate of drug-likeness (QED) is 0.664. The Bertz CT molecular complexity index is 1200. The summed E-state index contributed by atoms with van der Waals surface area (Å²) in [7, 11) is -3.57. The molecule has 0 radical (unpaired) electrons. The number of carbonyl (C=O) groups is 1. The monoisotopic (exact) mass is 437 g/mol. The summed E-state index contributed by atoms with van der Waals surface area (Å²) in [5, 5.41) is 4.87. The van der Waals surface area contributed by atoms with Crippen molar-refractivity contribution in [2.45, 2.75) is 24.8 Å². The summed E-state index contributed by atoms with van der Waals surface area (Å²) in [6.07, 6.45) is 0. The van der Waals surface area contributed by atoms with Crippen LogP contribution >= 0.6 is 0 Å². The van der Waals surface area contributed by atoms with E-state index in [9.17, 15) is 13.2 Å². The van der Waals surface area contributed by atoms with E-state index in [1.54, 1.807) is 12.1 Å². The second kappa shape index (κ2) is 8.78. The van der Waals surface area contributed by atoms with E-state index < -0.39 is 10.0 Å². The molecule has 1 aliphatic heterocycles. The van der Waals surface area contributed by atoms with Crippen LogP contribution in [0.15, 0.2) is 71.6 Å². The van der Waals surface area contributed by atoms with Gasteiger partial charge >= 0.3 is 0 Å². The maximum atomic E-state index is 13.1. The molecule has 7 heteroatoms. The topological polar surface area (TPSA) is 69.7 Å². The van der Waals surface area contributed by atoms with E-state index in [2.05, 4.69) is 5.32 Å². The van der Waals surface area contributed by atoms with E-state index in [1.807, 2.05) is 73.3 Å². The lowest BCUT2D eigenvalue weighted by atomic mass is 10.1. The maximum absolute atomic E-state index is 13.1. The molecule has 0 bridgehead atoms. The Morgan fingerprint density at radius 3 is 2.32 bits per heavy atom. The van der Waals surface area contributed by atoms with Gasteiger partial charge in [0, 0.05) is 31.9 Å². The largest absolute Gasteiger partial charge is 0.325 e. The molecule has 1 aliphatic rings. The highest BCUT2D eigenvalue weighted by Gasteiger charge is 2.32. The molecular weight excluding hydrogens is 410 g/mol. The van der Waals surface area contributed by atoms with Crippen LogP contribution in [0.25, 0.3) is 10.8 Å². The van der Waals surface area contributed by atoms with Crippen molar-refractivity contribution in [3.05, 3.63) is 72.3 Å². The van der Waals surface area contributed by atoms with Gasteiger partial charge in [-0.15, -0.1) is 0 Å². The van der Waals surface area contributed by atoms with Gasteiger partial charge in [-0.1, -0.05) is 42.5 Å². The zero-order chi connectivity index (χ0) is 22.0. The normalized spacial score (nSPS) is 16.8. The zero-order valence-corrected chi connectivity index (χ0v) is 18.6. The molecule has 1 saturated heterocycles. The SMILES string of the molecule is Cc1cccc(NC(=O)C(C)N2CCN(S(=O)(=O)c3ccc4ccccc4c3)CC2)c1. The molecule has 162 valence electrons. The standard InChI is InChI=1S/C24H27N3O3S/c1-18-6-5-9-22(16-18)25-24(28)19(2)26-12-14-27(15-13-26)31(29,30)23-11-10-20-7-3-4-8-21(20)17-23/h3-11,16-17,19H,12-15H2,1-2H3,(H,25,28). The van der Waals surface area contributed by atoms with Gasteiger partial charge in [0.25, 0.3) is 0 Å². The molecule has 0 aromatic heterocycles. The number of anilines is 1. The highest BCUT2D eigenvalue weighted by Crippen LogP contribution is 2.23. The number of aryl methyl sites for hydroxylation is 1. The van der Waals surface area contributed by atoms with E-state index >= 15 is 0 Å². The molecule has 0 saturated carbocycles. The molecule has 0 aliphatic carbocycles. The van der Waals surface area contributed by atoms with Crippen LogP contribution in [0.4, 0.5) is 5.69 Å². The number of fused-ring (bicyclic) bond motifs is 1. The summed E-state index contributed by atoms with van der Waals surface area (Å²) in [5.41, 5.74) is 1.85. The minimum absolute atomic E-state index is 0.0866. The Labute approximate surface area is 183 Å². The summed E-state index contributed by atoms with van der Waals surface area (Å²) < 4.78 is 27.8. The molecule has 1 atom stereocenters. The molecule has 1 amide bonds. The Morgan fingerprint density at radius 1 is 0.903 bits per heavy atom. The molecule has 31 heavy (non-hydrogen) atoms. The first-order valence-corrected chi connectivity index (χ1v) is 11.9. The average Bonchev–Trinajstić information content (AvgIpc) is 2.78. The predicted octanol–water partition coefficient (Wildman–Crippen LogP) is 3.48. The number of nitrogens with one attached hydrogen (secondary N) is 1. The fraction of sp³-hybridized carbons (Fsp3) is 0.292. The number of hydrogen-bond donors (Lipinski definition) is 1. The van der Waals surface area contributed by atoms with Crippen LogP contribution in [0.1, 0.15) is 12.5 Å². The lowest BCUT2D eigenvalue weighted by molar-refractivity contribution is -0.121.